The summed E-state index contributed by atoms with van der Waals surface area (Å²) in [6, 6.07) is -0.0784. The summed E-state index contributed by atoms with van der Waals surface area (Å²) in [6.07, 6.45) is 5.42. The number of carbonyl (C=O) groups excluding carboxylic acids is 2. The van der Waals surface area contributed by atoms with E-state index in [-0.39, 0.29) is 35.1 Å². The van der Waals surface area contributed by atoms with Gasteiger partial charge in [-0.3, -0.25) is 9.59 Å². The van der Waals surface area contributed by atoms with Gasteiger partial charge in [-0.25, -0.2) is 9.97 Å². The molecule has 10 heteroatoms. The van der Waals surface area contributed by atoms with Crippen molar-refractivity contribution in [1.82, 2.24) is 25.1 Å². The van der Waals surface area contributed by atoms with Crippen LogP contribution in [0.2, 0.25) is 0 Å². The smallest absolute Gasteiger partial charge is 0.259 e. The number of nitrogens with zero attached hydrogens (tertiary/aromatic N) is 4. The SMILES string of the molecule is CSCCCNc1nc(C(C)(C)C)ncc1C(=O)N(CC(C)C)[C@@H]1CNC[C@H](C(=O)N2CCOCC2)C1. The van der Waals surface area contributed by atoms with Gasteiger partial charge in [0.2, 0.25) is 5.91 Å². The van der Waals surface area contributed by atoms with E-state index < -0.39 is 0 Å². The summed E-state index contributed by atoms with van der Waals surface area (Å²) >= 11 is 1.81. The Morgan fingerprint density at radius 3 is 2.65 bits per heavy atom. The summed E-state index contributed by atoms with van der Waals surface area (Å²) in [4.78, 5) is 40.6. The number of rotatable bonds is 10. The standard InChI is InChI=1S/C27H46N6O3S/c1-19(2)18-33(21-14-20(15-28-16-21)24(34)32-9-11-36-12-10-32)25(35)22-17-30-26(27(3,4)5)31-23(22)29-8-7-13-37-6/h17,19-21,28H,7-16,18H2,1-6H3,(H,29,30,31)/t20-,21+/m1/s1. The molecule has 1 aromatic rings. The number of amides is 2. The number of thioether (sulfide) groups is 1. The van der Waals surface area contributed by atoms with Gasteiger partial charge in [0, 0.05) is 56.9 Å². The van der Waals surface area contributed by atoms with Crippen LogP contribution in [-0.4, -0.2) is 102 Å². The first-order chi connectivity index (χ1) is 17.6. The van der Waals surface area contributed by atoms with E-state index in [4.69, 9.17) is 9.72 Å². The lowest BCUT2D eigenvalue weighted by atomic mass is 9.92. The van der Waals surface area contributed by atoms with Crippen LogP contribution in [0.25, 0.3) is 0 Å². The zero-order valence-electron chi connectivity index (χ0n) is 23.5. The van der Waals surface area contributed by atoms with E-state index in [1.165, 1.54) is 0 Å². The Bertz CT molecular complexity index is 901. The van der Waals surface area contributed by atoms with Crippen molar-refractivity contribution in [3.05, 3.63) is 17.6 Å². The average Bonchev–Trinajstić information content (AvgIpc) is 2.89. The van der Waals surface area contributed by atoms with E-state index >= 15 is 0 Å². The number of ether oxygens (including phenoxy) is 1. The largest absolute Gasteiger partial charge is 0.378 e. The van der Waals surface area contributed by atoms with Gasteiger partial charge in [-0.15, -0.1) is 0 Å². The van der Waals surface area contributed by atoms with Gasteiger partial charge in [-0.05, 0) is 30.8 Å². The van der Waals surface area contributed by atoms with Gasteiger partial charge in [-0.1, -0.05) is 34.6 Å². The molecule has 3 heterocycles. The average molecular weight is 535 g/mol. The van der Waals surface area contributed by atoms with E-state index in [1.807, 2.05) is 9.80 Å². The van der Waals surface area contributed by atoms with E-state index in [0.29, 0.717) is 69.6 Å². The summed E-state index contributed by atoms with van der Waals surface area (Å²) < 4.78 is 5.42. The van der Waals surface area contributed by atoms with Crippen molar-refractivity contribution < 1.29 is 14.3 Å². The van der Waals surface area contributed by atoms with Gasteiger partial charge in [0.15, 0.2) is 0 Å². The lowest BCUT2D eigenvalue weighted by Crippen LogP contribution is -2.56. The number of nitrogens with one attached hydrogen (secondary N) is 2. The van der Waals surface area contributed by atoms with E-state index in [2.05, 4.69) is 56.5 Å². The maximum absolute atomic E-state index is 14.1. The maximum Gasteiger partial charge on any atom is 0.259 e. The molecule has 2 atom stereocenters. The summed E-state index contributed by atoms with van der Waals surface area (Å²) in [5.74, 6) is 2.57. The quantitative estimate of drug-likeness (QED) is 0.442. The molecule has 1 aromatic heterocycles. The van der Waals surface area contributed by atoms with E-state index in [0.717, 1.165) is 18.7 Å². The molecule has 0 saturated carbocycles. The third kappa shape index (κ3) is 8.29. The first-order valence-electron chi connectivity index (χ1n) is 13.6. The fraction of sp³-hybridized carbons (Fsp3) is 0.778. The van der Waals surface area contributed by atoms with Crippen molar-refractivity contribution >= 4 is 29.4 Å². The normalized spacial score (nSPS) is 20.7. The van der Waals surface area contributed by atoms with Gasteiger partial charge in [0.05, 0.1) is 19.1 Å². The molecule has 0 bridgehead atoms. The van der Waals surface area contributed by atoms with Crippen molar-refractivity contribution in [3.63, 3.8) is 0 Å². The minimum Gasteiger partial charge on any atom is -0.378 e. The second-order valence-corrected chi connectivity index (χ2v) is 12.5. The van der Waals surface area contributed by atoms with Crippen molar-refractivity contribution in [1.29, 1.82) is 0 Å². The van der Waals surface area contributed by atoms with Crippen LogP contribution in [-0.2, 0) is 14.9 Å². The second kappa shape index (κ2) is 13.8. The molecule has 0 aliphatic carbocycles. The first kappa shape index (κ1) is 29.6. The highest BCUT2D eigenvalue weighted by molar-refractivity contribution is 7.98. The summed E-state index contributed by atoms with van der Waals surface area (Å²) in [5.41, 5.74) is 0.273. The Morgan fingerprint density at radius 1 is 1.27 bits per heavy atom. The zero-order valence-corrected chi connectivity index (χ0v) is 24.3. The maximum atomic E-state index is 14.1. The number of aromatic nitrogens is 2. The van der Waals surface area contributed by atoms with E-state index in [9.17, 15) is 9.59 Å². The number of carbonyl (C=O) groups is 2. The zero-order chi connectivity index (χ0) is 27.0. The lowest BCUT2D eigenvalue weighted by molar-refractivity contribution is -0.140. The van der Waals surface area contributed by atoms with Crippen molar-refractivity contribution in [2.75, 3.05) is 69.8 Å². The summed E-state index contributed by atoms with van der Waals surface area (Å²) in [5, 5.41) is 6.86. The van der Waals surface area contributed by atoms with Crippen LogP contribution in [0.15, 0.2) is 6.20 Å². The minimum absolute atomic E-state index is 0.0761. The molecular formula is C27H46N6O3S. The predicted octanol–water partition coefficient (Wildman–Crippen LogP) is 2.87. The van der Waals surface area contributed by atoms with E-state index in [1.54, 1.807) is 18.0 Å². The van der Waals surface area contributed by atoms with Crippen LogP contribution < -0.4 is 10.6 Å². The van der Waals surface area contributed by atoms with Crippen LogP contribution in [0.1, 0.15) is 63.6 Å². The summed E-state index contributed by atoms with van der Waals surface area (Å²) in [7, 11) is 0. The number of morpholine rings is 1. The molecule has 2 N–H and O–H groups in total. The molecule has 0 spiro atoms. The minimum atomic E-state index is -0.227. The fourth-order valence-electron chi connectivity index (χ4n) is 4.79. The topological polar surface area (TPSA) is 99.7 Å². The van der Waals surface area contributed by atoms with Crippen molar-refractivity contribution in [2.45, 2.75) is 58.9 Å². The third-order valence-electron chi connectivity index (χ3n) is 6.77. The molecule has 2 amide bonds. The van der Waals surface area contributed by atoms with Crippen LogP contribution in [0.3, 0.4) is 0 Å². The first-order valence-corrected chi connectivity index (χ1v) is 15.0. The Balaban J connectivity index is 1.84. The molecule has 3 rings (SSSR count). The molecular weight excluding hydrogens is 488 g/mol. The number of piperidine rings is 1. The fourth-order valence-corrected chi connectivity index (χ4v) is 5.22. The Kier molecular flexibility index (Phi) is 11.0. The molecule has 2 saturated heterocycles. The molecule has 9 nitrogen and oxygen atoms in total. The number of hydrogen-bond donors (Lipinski definition) is 2. The molecule has 208 valence electrons. The lowest BCUT2D eigenvalue weighted by Gasteiger charge is -2.40. The molecule has 37 heavy (non-hydrogen) atoms. The molecule has 2 aliphatic rings. The monoisotopic (exact) mass is 534 g/mol. The van der Waals surface area contributed by atoms with Crippen LogP contribution in [0.4, 0.5) is 5.82 Å². The Hall–Kier alpha value is -1.91. The van der Waals surface area contributed by atoms with Crippen LogP contribution >= 0.6 is 11.8 Å². The number of hydrogen-bond acceptors (Lipinski definition) is 8. The molecule has 2 aliphatic heterocycles. The van der Waals surface area contributed by atoms with Gasteiger partial charge in [0.1, 0.15) is 17.2 Å². The van der Waals surface area contributed by atoms with Crippen LogP contribution in [0.5, 0.6) is 0 Å². The van der Waals surface area contributed by atoms with Gasteiger partial charge in [-0.2, -0.15) is 11.8 Å². The number of anilines is 1. The Morgan fingerprint density at radius 2 is 2.00 bits per heavy atom. The molecule has 0 unspecified atom stereocenters. The second-order valence-electron chi connectivity index (χ2n) is 11.5. The van der Waals surface area contributed by atoms with Gasteiger partial charge >= 0.3 is 0 Å². The van der Waals surface area contributed by atoms with Gasteiger partial charge in [0.25, 0.3) is 5.91 Å². The predicted molar refractivity (Wildman–Crippen MR) is 150 cm³/mol. The summed E-state index contributed by atoms with van der Waals surface area (Å²) in [6.45, 7) is 15.6. The van der Waals surface area contributed by atoms with Crippen molar-refractivity contribution in [3.8, 4) is 0 Å². The molecule has 0 radical (unpaired) electrons. The van der Waals surface area contributed by atoms with Crippen molar-refractivity contribution in [2.24, 2.45) is 11.8 Å². The third-order valence-corrected chi connectivity index (χ3v) is 7.47. The van der Waals surface area contributed by atoms with Crippen LogP contribution in [0, 0.1) is 11.8 Å². The Labute approximate surface area is 226 Å². The highest BCUT2D eigenvalue weighted by Crippen LogP contribution is 2.26. The van der Waals surface area contributed by atoms with Gasteiger partial charge < -0.3 is 25.2 Å². The highest BCUT2D eigenvalue weighted by atomic mass is 32.2. The molecule has 2 fully saturated rings. The molecule has 0 aromatic carbocycles. The highest BCUT2D eigenvalue weighted by Gasteiger charge is 2.36.